The molecule has 2 heterocycles. The van der Waals surface area contributed by atoms with Gasteiger partial charge < -0.3 is 18.9 Å². The van der Waals surface area contributed by atoms with Gasteiger partial charge in [-0.3, -0.25) is 0 Å². The third kappa shape index (κ3) is 4.68. The van der Waals surface area contributed by atoms with Crippen LogP contribution < -0.4 is 0 Å². The molecule has 34 heavy (non-hydrogen) atoms. The van der Waals surface area contributed by atoms with Gasteiger partial charge in [-0.25, -0.2) is 0 Å². The molecule has 16 heteroatoms. The minimum absolute atomic E-state index is 0.0692. The molecule has 1 aromatic carbocycles. The lowest BCUT2D eigenvalue weighted by Gasteiger charge is -2.40. The zero-order chi connectivity index (χ0) is 25.8. The van der Waals surface area contributed by atoms with Crippen LogP contribution >= 0.6 is 0 Å². The molecule has 2 saturated heterocycles. The predicted molar refractivity (Wildman–Crippen MR) is 85.4 cm³/mol. The average molecular weight is 522 g/mol. The molecule has 0 saturated carbocycles. The first-order valence-corrected chi connectivity index (χ1v) is 9.26. The molecule has 0 spiro atoms. The van der Waals surface area contributed by atoms with E-state index < -0.39 is 78.5 Å². The number of halogens is 12. The van der Waals surface area contributed by atoms with Crippen LogP contribution in [0, 0.1) is 0 Å². The van der Waals surface area contributed by atoms with Crippen molar-refractivity contribution in [1.29, 1.82) is 0 Å². The highest BCUT2D eigenvalue weighted by Crippen LogP contribution is 2.56. The SMILES string of the molecule is FC(F)(F)C(OC[C@@H]1CO1)(c1cccc(C(OC[C@@H]2CO2)(C(F)(F)F)C(F)(F)F)c1)C(F)(F)F. The molecule has 2 fully saturated rings. The zero-order valence-electron chi connectivity index (χ0n) is 16.5. The Balaban J connectivity index is 2.21. The van der Waals surface area contributed by atoms with Crippen molar-refractivity contribution in [3.8, 4) is 0 Å². The van der Waals surface area contributed by atoms with Crippen LogP contribution in [-0.2, 0) is 30.1 Å². The Labute approximate surface area is 182 Å². The van der Waals surface area contributed by atoms with E-state index in [9.17, 15) is 52.7 Å². The van der Waals surface area contributed by atoms with Gasteiger partial charge in [0.05, 0.1) is 26.4 Å². The summed E-state index contributed by atoms with van der Waals surface area (Å²) >= 11 is 0. The summed E-state index contributed by atoms with van der Waals surface area (Å²) in [5.74, 6) is 0. The van der Waals surface area contributed by atoms with Gasteiger partial charge in [-0.05, 0) is 6.07 Å². The Hall–Kier alpha value is -1.78. The van der Waals surface area contributed by atoms with Crippen molar-refractivity contribution in [3.63, 3.8) is 0 Å². The van der Waals surface area contributed by atoms with E-state index in [1.165, 1.54) is 0 Å². The van der Waals surface area contributed by atoms with Crippen molar-refractivity contribution in [2.24, 2.45) is 0 Å². The van der Waals surface area contributed by atoms with Crippen LogP contribution in [0.15, 0.2) is 24.3 Å². The molecule has 0 aromatic heterocycles. The molecule has 0 radical (unpaired) electrons. The van der Waals surface area contributed by atoms with Crippen molar-refractivity contribution < 1.29 is 71.6 Å². The standard InChI is InChI=1S/C18H14F12O4/c19-15(20,21)13(16(22,23)24,33-7-11-5-31-11)9-2-1-3-10(4-9)14(17(25,26)27,18(28,29)30)34-8-12-6-32-12/h1-4,11-12H,5-8H2/t11-,12-/m0/s1. The third-order valence-corrected chi connectivity index (χ3v) is 5.05. The second-order valence-electron chi connectivity index (χ2n) is 7.47. The molecule has 2 atom stereocenters. The van der Waals surface area contributed by atoms with Gasteiger partial charge in [0.15, 0.2) is 0 Å². The molecule has 3 rings (SSSR count). The number of ether oxygens (including phenoxy) is 4. The maximum absolute atomic E-state index is 13.8. The van der Waals surface area contributed by atoms with Crippen molar-refractivity contribution >= 4 is 0 Å². The first-order chi connectivity index (χ1) is 15.4. The van der Waals surface area contributed by atoms with Crippen molar-refractivity contribution in [1.82, 2.24) is 0 Å². The first-order valence-electron chi connectivity index (χ1n) is 9.26. The van der Waals surface area contributed by atoms with Crippen LogP contribution in [0.25, 0.3) is 0 Å². The Bertz CT molecular complexity index is 770. The maximum atomic E-state index is 13.8. The maximum Gasteiger partial charge on any atom is 0.430 e. The quantitative estimate of drug-likeness (QED) is 0.350. The van der Waals surface area contributed by atoms with Gasteiger partial charge in [-0.2, -0.15) is 52.7 Å². The van der Waals surface area contributed by atoms with E-state index in [1.54, 1.807) is 0 Å². The van der Waals surface area contributed by atoms with Crippen LogP contribution in [0.5, 0.6) is 0 Å². The minimum Gasteiger partial charge on any atom is -0.371 e. The highest BCUT2D eigenvalue weighted by atomic mass is 19.4. The molecule has 2 aliphatic heterocycles. The van der Waals surface area contributed by atoms with E-state index in [1.807, 2.05) is 0 Å². The zero-order valence-corrected chi connectivity index (χ0v) is 16.5. The molecule has 2 aliphatic rings. The van der Waals surface area contributed by atoms with Gasteiger partial charge in [0.2, 0.25) is 0 Å². The molecular weight excluding hydrogens is 508 g/mol. The lowest BCUT2D eigenvalue weighted by atomic mass is 9.85. The molecule has 194 valence electrons. The second kappa shape index (κ2) is 8.41. The fraction of sp³-hybridized carbons (Fsp3) is 0.667. The number of rotatable bonds is 8. The summed E-state index contributed by atoms with van der Waals surface area (Å²) in [6.45, 7) is -3.03. The molecule has 0 aliphatic carbocycles. The molecule has 0 bridgehead atoms. The number of benzene rings is 1. The van der Waals surface area contributed by atoms with E-state index in [0.717, 1.165) is 0 Å². The van der Waals surface area contributed by atoms with E-state index in [0.29, 0.717) is 0 Å². The molecule has 1 aromatic rings. The largest absolute Gasteiger partial charge is 0.430 e. The summed E-state index contributed by atoms with van der Waals surface area (Å²) in [6, 6.07) is -0.181. The fourth-order valence-electron chi connectivity index (χ4n) is 3.19. The van der Waals surface area contributed by atoms with Gasteiger partial charge in [-0.15, -0.1) is 0 Å². The van der Waals surface area contributed by atoms with Crippen molar-refractivity contribution in [3.05, 3.63) is 35.4 Å². The Kier molecular flexibility index (Phi) is 6.63. The summed E-state index contributed by atoms with van der Waals surface area (Å²) in [5.41, 5.74) is -14.6. The molecule has 0 N–H and O–H groups in total. The molecular formula is C18H14F12O4. The van der Waals surface area contributed by atoms with Gasteiger partial charge in [0.25, 0.3) is 11.2 Å². The Morgan fingerprint density at radius 1 is 0.618 bits per heavy atom. The average Bonchev–Trinajstić information content (AvgIpc) is 3.53. The minimum atomic E-state index is -6.33. The van der Waals surface area contributed by atoms with Gasteiger partial charge >= 0.3 is 24.7 Å². The van der Waals surface area contributed by atoms with Crippen molar-refractivity contribution in [2.75, 3.05) is 26.4 Å². The van der Waals surface area contributed by atoms with Crippen LogP contribution in [0.3, 0.4) is 0 Å². The van der Waals surface area contributed by atoms with E-state index in [2.05, 4.69) is 18.9 Å². The number of hydrogen-bond acceptors (Lipinski definition) is 4. The second-order valence-corrected chi connectivity index (χ2v) is 7.47. The predicted octanol–water partition coefficient (Wildman–Crippen LogP) is 5.16. The number of epoxide rings is 2. The monoisotopic (exact) mass is 522 g/mol. The summed E-state index contributed by atoms with van der Waals surface area (Å²) in [7, 11) is 0. The summed E-state index contributed by atoms with van der Waals surface area (Å²) < 4.78 is 183. The van der Waals surface area contributed by atoms with Crippen molar-refractivity contribution in [2.45, 2.75) is 48.1 Å². The summed E-state index contributed by atoms with van der Waals surface area (Å²) in [5, 5.41) is 0. The van der Waals surface area contributed by atoms with Gasteiger partial charge in [0, 0.05) is 11.1 Å². The van der Waals surface area contributed by atoms with Gasteiger partial charge in [0.1, 0.15) is 12.2 Å². The lowest BCUT2D eigenvalue weighted by Crippen LogP contribution is -2.58. The Morgan fingerprint density at radius 3 is 1.15 bits per heavy atom. The smallest absolute Gasteiger partial charge is 0.371 e. The fourth-order valence-corrected chi connectivity index (χ4v) is 3.19. The van der Waals surface area contributed by atoms with Crippen LogP contribution in [-0.4, -0.2) is 63.3 Å². The highest BCUT2D eigenvalue weighted by Gasteiger charge is 2.76. The molecule has 4 nitrogen and oxygen atoms in total. The normalized spacial score (nSPS) is 22.1. The van der Waals surface area contributed by atoms with Gasteiger partial charge in [-0.1, -0.05) is 18.2 Å². The molecule has 0 unspecified atom stereocenters. The Morgan fingerprint density at radius 2 is 0.912 bits per heavy atom. The van der Waals surface area contributed by atoms with Crippen LogP contribution in [0.4, 0.5) is 52.7 Å². The first kappa shape index (κ1) is 26.8. The number of hydrogen-bond donors (Lipinski definition) is 0. The summed E-state index contributed by atoms with van der Waals surface area (Å²) in [6.07, 6.45) is -27.6. The van der Waals surface area contributed by atoms with Crippen LogP contribution in [0.2, 0.25) is 0 Å². The lowest BCUT2D eigenvalue weighted by molar-refractivity contribution is -0.391. The highest BCUT2D eigenvalue weighted by molar-refractivity contribution is 5.37. The van der Waals surface area contributed by atoms with E-state index in [-0.39, 0.29) is 31.4 Å². The summed E-state index contributed by atoms with van der Waals surface area (Å²) in [4.78, 5) is 0. The third-order valence-electron chi connectivity index (χ3n) is 5.05. The molecule has 0 amide bonds. The number of alkyl halides is 12. The topological polar surface area (TPSA) is 43.5 Å². The van der Waals surface area contributed by atoms with E-state index >= 15 is 0 Å². The van der Waals surface area contributed by atoms with Crippen LogP contribution in [0.1, 0.15) is 11.1 Å². The van der Waals surface area contributed by atoms with E-state index in [4.69, 9.17) is 0 Å².